The predicted molar refractivity (Wildman–Crippen MR) is 247 cm³/mol. The van der Waals surface area contributed by atoms with Crippen molar-refractivity contribution in [2.24, 2.45) is 0 Å². The number of pyridine rings is 1. The van der Waals surface area contributed by atoms with Crippen molar-refractivity contribution in [2.75, 3.05) is 0 Å². The molecule has 1 radical (unpaired) electrons. The van der Waals surface area contributed by atoms with Gasteiger partial charge < -0.3 is 14.1 Å². The Morgan fingerprint density at radius 3 is 1.85 bits per heavy atom. The van der Waals surface area contributed by atoms with Crippen molar-refractivity contribution >= 4 is 64.3 Å². The van der Waals surface area contributed by atoms with Gasteiger partial charge in [-0.2, -0.15) is 11.3 Å². The SMILES string of the molecule is [Ir].[c-]1cc(-n2c3ccccc3c3ccccc32)c2c(sc3ccccc32)c1-c1nc2ccccc2n1-c1ccc(-c2ccccc2)cc1.[c-]1ccccc1-c1ccccn1. The molecule has 0 aliphatic heterocycles. The Kier molecular flexibility index (Phi) is 9.96. The van der Waals surface area contributed by atoms with Gasteiger partial charge in [0.1, 0.15) is 0 Å². The molecule has 0 amide bonds. The van der Waals surface area contributed by atoms with Gasteiger partial charge in [-0.15, -0.1) is 48.0 Å². The number of benzene rings is 8. The molecule has 0 spiro atoms. The zero-order chi connectivity index (χ0) is 39.1. The predicted octanol–water partition coefficient (Wildman–Crippen LogP) is 14.2. The van der Waals surface area contributed by atoms with Crippen molar-refractivity contribution < 1.29 is 20.1 Å². The maximum Gasteiger partial charge on any atom is 0.0774 e. The van der Waals surface area contributed by atoms with Gasteiger partial charge in [0, 0.05) is 58.5 Å². The second kappa shape index (κ2) is 16.0. The summed E-state index contributed by atoms with van der Waals surface area (Å²) in [5, 5.41) is 4.97. The van der Waals surface area contributed by atoms with Crippen LogP contribution in [-0.2, 0) is 20.1 Å². The van der Waals surface area contributed by atoms with E-state index < -0.39 is 0 Å². The first-order valence-corrected chi connectivity index (χ1v) is 20.5. The molecular weight excluding hydrogens is 929 g/mol. The standard InChI is InChI=1S/C43H26N3S.C11H8N.Ir/c1-2-12-28(13-3-1)29-22-24-30(25-23-29)45-38-20-10-7-17-35(38)44-43(45)34-26-27-39(41-33-16-6-11-21-40(33)47-42(34)41)46-36-18-8-4-14-31(36)32-15-5-9-19-37(32)46;1-2-6-10(7-3-1)11-8-4-5-9-12-11;/h1-25,27H;1-6,8-9H;/q2*-1;. The average Bonchev–Trinajstić information content (AvgIpc) is 4.00. The number of thiophene rings is 1. The van der Waals surface area contributed by atoms with E-state index in [1.165, 1.54) is 53.1 Å². The number of aromatic nitrogens is 4. The first-order chi connectivity index (χ1) is 29.3. The monoisotopic (exact) mass is 963 g/mol. The smallest absolute Gasteiger partial charge is 0.0774 e. The summed E-state index contributed by atoms with van der Waals surface area (Å²) < 4.78 is 7.14. The normalized spacial score (nSPS) is 11.2. The van der Waals surface area contributed by atoms with Gasteiger partial charge in [0.15, 0.2) is 0 Å². The Morgan fingerprint density at radius 2 is 1.13 bits per heavy atom. The second-order valence-corrected chi connectivity index (χ2v) is 15.4. The minimum absolute atomic E-state index is 0. The van der Waals surface area contributed by atoms with Crippen LogP contribution in [0.5, 0.6) is 0 Å². The van der Waals surface area contributed by atoms with Crippen LogP contribution in [-0.4, -0.2) is 19.1 Å². The molecule has 0 fully saturated rings. The van der Waals surface area contributed by atoms with E-state index in [-0.39, 0.29) is 20.1 Å². The van der Waals surface area contributed by atoms with E-state index in [4.69, 9.17) is 4.98 Å². The van der Waals surface area contributed by atoms with Crippen LogP contribution in [0.15, 0.2) is 206 Å². The molecule has 287 valence electrons. The average molecular weight is 963 g/mol. The van der Waals surface area contributed by atoms with Crippen LogP contribution >= 0.6 is 11.3 Å². The van der Waals surface area contributed by atoms with E-state index in [1.807, 2.05) is 53.8 Å². The van der Waals surface area contributed by atoms with Crippen molar-refractivity contribution in [3.8, 4) is 45.1 Å². The molecule has 0 saturated carbocycles. The molecule has 6 heteroatoms. The Hall–Kier alpha value is -6.95. The molecule has 0 bridgehead atoms. The summed E-state index contributed by atoms with van der Waals surface area (Å²) in [7, 11) is 0. The van der Waals surface area contributed by atoms with E-state index in [1.54, 1.807) is 6.20 Å². The molecule has 60 heavy (non-hydrogen) atoms. The minimum Gasteiger partial charge on any atom is -0.350 e. The zero-order valence-electron chi connectivity index (χ0n) is 32.2. The molecule has 4 aromatic heterocycles. The summed E-state index contributed by atoms with van der Waals surface area (Å²) in [6.07, 6.45) is 1.79. The van der Waals surface area contributed by atoms with Crippen LogP contribution < -0.4 is 0 Å². The maximum absolute atomic E-state index is 5.28. The van der Waals surface area contributed by atoms with Crippen LogP contribution in [0.25, 0.3) is 98.2 Å². The number of fused-ring (bicyclic) bond motifs is 7. The van der Waals surface area contributed by atoms with E-state index >= 15 is 0 Å². The Morgan fingerprint density at radius 1 is 0.500 bits per heavy atom. The van der Waals surface area contributed by atoms with E-state index in [0.717, 1.165) is 45.1 Å². The van der Waals surface area contributed by atoms with Gasteiger partial charge in [0.2, 0.25) is 0 Å². The molecule has 0 aliphatic carbocycles. The van der Waals surface area contributed by atoms with Gasteiger partial charge in [0.05, 0.1) is 16.9 Å². The summed E-state index contributed by atoms with van der Waals surface area (Å²) in [5.74, 6) is 0.893. The van der Waals surface area contributed by atoms with Crippen LogP contribution in [0.2, 0.25) is 0 Å². The fourth-order valence-electron chi connectivity index (χ4n) is 8.24. The number of para-hydroxylation sites is 4. The molecule has 0 saturated heterocycles. The van der Waals surface area contributed by atoms with Gasteiger partial charge in [-0.3, -0.25) is 4.98 Å². The summed E-state index contributed by atoms with van der Waals surface area (Å²) in [5.41, 5.74) is 12.0. The molecule has 0 atom stereocenters. The fourth-order valence-corrected chi connectivity index (χ4v) is 9.46. The van der Waals surface area contributed by atoms with Crippen LogP contribution in [0.1, 0.15) is 0 Å². The molecule has 8 aromatic carbocycles. The van der Waals surface area contributed by atoms with Crippen LogP contribution in [0.4, 0.5) is 0 Å². The number of hydrogen-bond acceptors (Lipinski definition) is 3. The van der Waals surface area contributed by atoms with Crippen molar-refractivity contribution in [1.29, 1.82) is 0 Å². The van der Waals surface area contributed by atoms with Gasteiger partial charge >= 0.3 is 0 Å². The number of imidazole rings is 1. The number of hydrogen-bond donors (Lipinski definition) is 0. The van der Waals surface area contributed by atoms with Crippen molar-refractivity contribution in [3.63, 3.8) is 0 Å². The van der Waals surface area contributed by atoms with Gasteiger partial charge in [-0.1, -0.05) is 132 Å². The third kappa shape index (κ3) is 6.52. The maximum atomic E-state index is 5.28. The van der Waals surface area contributed by atoms with Crippen LogP contribution in [0, 0.1) is 12.1 Å². The zero-order valence-corrected chi connectivity index (χ0v) is 35.4. The van der Waals surface area contributed by atoms with Gasteiger partial charge in [-0.25, -0.2) is 0 Å². The molecule has 12 aromatic rings. The Balaban J connectivity index is 0.000000287. The summed E-state index contributed by atoms with van der Waals surface area (Å²) in [6.45, 7) is 0. The summed E-state index contributed by atoms with van der Waals surface area (Å²) >= 11 is 1.82. The summed E-state index contributed by atoms with van der Waals surface area (Å²) in [6, 6.07) is 76.7. The largest absolute Gasteiger partial charge is 0.350 e. The quantitative estimate of drug-likeness (QED) is 0.161. The third-order valence-corrected chi connectivity index (χ3v) is 12.1. The molecule has 0 unspecified atom stereocenters. The molecule has 4 nitrogen and oxygen atoms in total. The van der Waals surface area contributed by atoms with Crippen molar-refractivity contribution in [2.45, 2.75) is 0 Å². The Labute approximate surface area is 365 Å². The summed E-state index contributed by atoms with van der Waals surface area (Å²) in [4.78, 5) is 9.50. The molecular formula is C54H34IrN4S-2. The van der Waals surface area contributed by atoms with E-state index in [9.17, 15) is 0 Å². The molecule has 12 rings (SSSR count). The second-order valence-electron chi connectivity index (χ2n) is 14.4. The first-order valence-electron chi connectivity index (χ1n) is 19.7. The van der Waals surface area contributed by atoms with Gasteiger partial charge in [0.25, 0.3) is 0 Å². The van der Waals surface area contributed by atoms with Crippen LogP contribution in [0.3, 0.4) is 0 Å². The van der Waals surface area contributed by atoms with E-state index in [2.05, 4.69) is 184 Å². The first kappa shape index (κ1) is 37.3. The number of nitrogens with zero attached hydrogens (tertiary/aromatic N) is 4. The van der Waals surface area contributed by atoms with Gasteiger partial charge in [-0.05, 0) is 81.1 Å². The van der Waals surface area contributed by atoms with E-state index in [0.29, 0.717) is 0 Å². The van der Waals surface area contributed by atoms with Crippen molar-refractivity contribution in [3.05, 3.63) is 219 Å². The minimum atomic E-state index is 0. The topological polar surface area (TPSA) is 35.6 Å². The number of rotatable bonds is 5. The molecule has 4 heterocycles. The third-order valence-electron chi connectivity index (χ3n) is 10.9. The fraction of sp³-hybridized carbons (Fsp3) is 0. The molecule has 0 aliphatic rings. The Bertz CT molecular complexity index is 3330. The van der Waals surface area contributed by atoms with Crippen molar-refractivity contribution in [1.82, 2.24) is 19.1 Å². The molecule has 0 N–H and O–H groups in total.